The van der Waals surface area contributed by atoms with Crippen LogP contribution in [-0.2, 0) is 12.8 Å². The highest BCUT2D eigenvalue weighted by Gasteiger charge is 2.28. The van der Waals surface area contributed by atoms with Gasteiger partial charge in [-0.15, -0.1) is 0 Å². The zero-order valence-electron chi connectivity index (χ0n) is 12.8. The molecule has 110 valence electrons. The molecule has 1 aromatic carbocycles. The first-order chi connectivity index (χ1) is 10.2. The number of rotatable bonds is 3. The number of nitrogen functional groups attached to an aromatic ring is 1. The standard InChI is InChI=1S/C18H23N3/c1-12-9-10-21-18(19)16(12)17(20-2)15-8-7-13-5-3-4-6-14(13)11-15/h3-6,9-10,15,17,20H,7-8,11H2,1-2H3,(H2,19,21). The summed E-state index contributed by atoms with van der Waals surface area (Å²) < 4.78 is 0. The van der Waals surface area contributed by atoms with Crippen LogP contribution in [0.15, 0.2) is 36.5 Å². The number of nitrogens with two attached hydrogens (primary N) is 1. The molecule has 0 saturated carbocycles. The number of anilines is 1. The number of benzene rings is 1. The van der Waals surface area contributed by atoms with Gasteiger partial charge in [0.2, 0.25) is 0 Å². The van der Waals surface area contributed by atoms with E-state index in [1.54, 1.807) is 6.20 Å². The van der Waals surface area contributed by atoms with Crippen LogP contribution < -0.4 is 11.1 Å². The van der Waals surface area contributed by atoms with Crippen molar-refractivity contribution in [2.24, 2.45) is 5.92 Å². The Morgan fingerprint density at radius 2 is 2.00 bits per heavy atom. The molecule has 1 heterocycles. The van der Waals surface area contributed by atoms with E-state index in [1.807, 2.05) is 13.1 Å². The van der Waals surface area contributed by atoms with Gasteiger partial charge in [-0.2, -0.15) is 0 Å². The summed E-state index contributed by atoms with van der Waals surface area (Å²) in [7, 11) is 2.02. The molecule has 21 heavy (non-hydrogen) atoms. The van der Waals surface area contributed by atoms with Crippen LogP contribution in [-0.4, -0.2) is 12.0 Å². The molecule has 0 radical (unpaired) electrons. The van der Waals surface area contributed by atoms with Crippen LogP contribution in [0.3, 0.4) is 0 Å². The number of nitrogens with one attached hydrogen (secondary N) is 1. The number of aryl methyl sites for hydroxylation is 2. The highest BCUT2D eigenvalue weighted by Crippen LogP contribution is 2.36. The van der Waals surface area contributed by atoms with E-state index in [-0.39, 0.29) is 6.04 Å². The van der Waals surface area contributed by atoms with Gasteiger partial charge in [0, 0.05) is 17.8 Å². The lowest BCUT2D eigenvalue weighted by Crippen LogP contribution is -2.31. The minimum Gasteiger partial charge on any atom is -0.383 e. The molecule has 3 rings (SSSR count). The van der Waals surface area contributed by atoms with E-state index in [1.165, 1.54) is 28.7 Å². The van der Waals surface area contributed by atoms with Gasteiger partial charge in [0.25, 0.3) is 0 Å². The van der Waals surface area contributed by atoms with Crippen LogP contribution in [0.4, 0.5) is 5.82 Å². The van der Waals surface area contributed by atoms with Crippen molar-refractivity contribution in [3.05, 3.63) is 58.8 Å². The molecule has 3 nitrogen and oxygen atoms in total. The van der Waals surface area contributed by atoms with Gasteiger partial charge in [-0.3, -0.25) is 0 Å². The number of aromatic nitrogens is 1. The molecule has 0 saturated heterocycles. The van der Waals surface area contributed by atoms with Crippen LogP contribution in [0, 0.1) is 12.8 Å². The molecule has 2 aromatic rings. The van der Waals surface area contributed by atoms with Gasteiger partial charge in [-0.1, -0.05) is 24.3 Å². The van der Waals surface area contributed by atoms with Gasteiger partial charge in [0.1, 0.15) is 5.82 Å². The maximum atomic E-state index is 6.15. The Bertz CT molecular complexity index is 616. The van der Waals surface area contributed by atoms with Crippen molar-refractivity contribution in [2.45, 2.75) is 32.2 Å². The van der Waals surface area contributed by atoms with Crippen LogP contribution in [0.5, 0.6) is 0 Å². The van der Waals surface area contributed by atoms with Gasteiger partial charge in [0.15, 0.2) is 0 Å². The van der Waals surface area contributed by atoms with Gasteiger partial charge in [0.05, 0.1) is 0 Å². The van der Waals surface area contributed by atoms with Crippen molar-refractivity contribution in [1.29, 1.82) is 0 Å². The molecule has 2 atom stereocenters. The fraction of sp³-hybridized carbons (Fsp3) is 0.389. The van der Waals surface area contributed by atoms with Gasteiger partial charge >= 0.3 is 0 Å². The maximum absolute atomic E-state index is 6.15. The number of hydrogen-bond donors (Lipinski definition) is 2. The van der Waals surface area contributed by atoms with Crippen molar-refractivity contribution in [3.8, 4) is 0 Å². The average Bonchev–Trinajstić information content (AvgIpc) is 2.50. The Morgan fingerprint density at radius 1 is 1.24 bits per heavy atom. The van der Waals surface area contributed by atoms with Crippen molar-refractivity contribution >= 4 is 5.82 Å². The molecular weight excluding hydrogens is 258 g/mol. The zero-order chi connectivity index (χ0) is 14.8. The molecular formula is C18H23N3. The summed E-state index contributed by atoms with van der Waals surface area (Å²) in [6.45, 7) is 2.12. The Morgan fingerprint density at radius 3 is 2.71 bits per heavy atom. The monoisotopic (exact) mass is 281 g/mol. The highest BCUT2D eigenvalue weighted by molar-refractivity contribution is 5.47. The minimum absolute atomic E-state index is 0.270. The number of nitrogens with zero attached hydrogens (tertiary/aromatic N) is 1. The third kappa shape index (κ3) is 2.66. The van der Waals surface area contributed by atoms with Crippen LogP contribution in [0.1, 0.15) is 34.7 Å². The average molecular weight is 281 g/mol. The van der Waals surface area contributed by atoms with Crippen molar-refractivity contribution < 1.29 is 0 Å². The van der Waals surface area contributed by atoms with E-state index in [2.05, 4.69) is 41.5 Å². The predicted molar refractivity (Wildman–Crippen MR) is 87.1 cm³/mol. The SMILES string of the molecule is CNC(c1c(C)ccnc1N)C1CCc2ccccc2C1. The lowest BCUT2D eigenvalue weighted by molar-refractivity contribution is 0.341. The summed E-state index contributed by atoms with van der Waals surface area (Å²) in [5.41, 5.74) is 11.5. The second-order valence-corrected chi connectivity index (χ2v) is 5.96. The fourth-order valence-corrected chi connectivity index (χ4v) is 3.62. The van der Waals surface area contributed by atoms with E-state index in [0.717, 1.165) is 12.8 Å². The lowest BCUT2D eigenvalue weighted by atomic mass is 9.77. The van der Waals surface area contributed by atoms with Crippen LogP contribution in [0.25, 0.3) is 0 Å². The lowest BCUT2D eigenvalue weighted by Gasteiger charge is -2.33. The normalized spacial score (nSPS) is 19.0. The topological polar surface area (TPSA) is 50.9 Å². The summed E-state index contributed by atoms with van der Waals surface area (Å²) in [5, 5.41) is 3.48. The molecule has 0 fully saturated rings. The molecule has 0 aliphatic heterocycles. The van der Waals surface area contributed by atoms with Crippen LogP contribution >= 0.6 is 0 Å². The quantitative estimate of drug-likeness (QED) is 0.909. The second kappa shape index (κ2) is 5.86. The minimum atomic E-state index is 0.270. The second-order valence-electron chi connectivity index (χ2n) is 5.96. The fourth-order valence-electron chi connectivity index (χ4n) is 3.62. The third-order valence-electron chi connectivity index (χ3n) is 4.72. The number of pyridine rings is 1. The molecule has 1 aliphatic carbocycles. The largest absolute Gasteiger partial charge is 0.383 e. The zero-order valence-corrected chi connectivity index (χ0v) is 12.8. The van der Waals surface area contributed by atoms with Crippen LogP contribution in [0.2, 0.25) is 0 Å². The summed E-state index contributed by atoms with van der Waals surface area (Å²) in [6, 6.07) is 11.1. The number of fused-ring (bicyclic) bond motifs is 1. The van der Waals surface area contributed by atoms with E-state index < -0.39 is 0 Å². The number of hydrogen-bond acceptors (Lipinski definition) is 3. The highest BCUT2D eigenvalue weighted by atomic mass is 14.9. The van der Waals surface area contributed by atoms with E-state index in [4.69, 9.17) is 5.73 Å². The summed E-state index contributed by atoms with van der Waals surface area (Å²) >= 11 is 0. The van der Waals surface area contributed by atoms with Crippen molar-refractivity contribution in [1.82, 2.24) is 10.3 Å². The van der Waals surface area contributed by atoms with E-state index >= 15 is 0 Å². The van der Waals surface area contributed by atoms with Crippen molar-refractivity contribution in [2.75, 3.05) is 12.8 Å². The van der Waals surface area contributed by atoms with Crippen molar-refractivity contribution in [3.63, 3.8) is 0 Å². The molecule has 0 bridgehead atoms. The Hall–Kier alpha value is -1.87. The van der Waals surface area contributed by atoms with Gasteiger partial charge in [-0.05, 0) is 61.9 Å². The molecule has 1 aliphatic rings. The first kappa shape index (κ1) is 14.1. The first-order valence-electron chi connectivity index (χ1n) is 7.65. The summed E-state index contributed by atoms with van der Waals surface area (Å²) in [6.07, 6.45) is 5.24. The van der Waals surface area contributed by atoms with E-state index in [0.29, 0.717) is 11.7 Å². The van der Waals surface area contributed by atoms with E-state index in [9.17, 15) is 0 Å². The maximum Gasteiger partial charge on any atom is 0.128 e. The molecule has 0 spiro atoms. The molecule has 3 N–H and O–H groups in total. The van der Waals surface area contributed by atoms with Gasteiger partial charge < -0.3 is 11.1 Å². The molecule has 1 aromatic heterocycles. The summed E-state index contributed by atoms with van der Waals surface area (Å²) in [4.78, 5) is 4.29. The Kier molecular flexibility index (Phi) is 3.93. The Labute approximate surface area is 126 Å². The molecule has 2 unspecified atom stereocenters. The molecule has 0 amide bonds. The third-order valence-corrected chi connectivity index (χ3v) is 4.72. The smallest absolute Gasteiger partial charge is 0.128 e. The summed E-state index contributed by atoms with van der Waals surface area (Å²) in [5.74, 6) is 1.23. The first-order valence-corrected chi connectivity index (χ1v) is 7.65. The Balaban J connectivity index is 1.92. The molecule has 3 heteroatoms. The van der Waals surface area contributed by atoms with Gasteiger partial charge in [-0.25, -0.2) is 4.98 Å². The predicted octanol–water partition coefficient (Wildman–Crippen LogP) is 3.04.